The number of nitrogens with one attached hydrogen (secondary N) is 1. The van der Waals surface area contributed by atoms with Crippen molar-refractivity contribution >= 4 is 31.8 Å². The molecule has 0 radical (unpaired) electrons. The van der Waals surface area contributed by atoms with Gasteiger partial charge < -0.3 is 11.1 Å². The van der Waals surface area contributed by atoms with E-state index in [1.165, 1.54) is 6.92 Å². The first kappa shape index (κ1) is 9.01. The van der Waals surface area contributed by atoms with Gasteiger partial charge in [-0.05, 0) is 17.4 Å². The van der Waals surface area contributed by atoms with E-state index in [-0.39, 0.29) is 5.91 Å². The van der Waals surface area contributed by atoms with Crippen molar-refractivity contribution in [2.24, 2.45) is 0 Å². The lowest BCUT2D eigenvalue weighted by Crippen LogP contribution is -2.12. The number of carbonyl (C=O) groups is 1. The van der Waals surface area contributed by atoms with Gasteiger partial charge in [-0.15, -0.1) is 9.24 Å². The molecule has 0 spiro atoms. The van der Waals surface area contributed by atoms with Crippen molar-refractivity contribution < 1.29 is 4.79 Å². The lowest BCUT2D eigenvalue weighted by Gasteiger charge is -2.06. The molecule has 1 atom stereocenters. The van der Waals surface area contributed by atoms with E-state index in [1.54, 1.807) is 12.1 Å². The second kappa shape index (κ2) is 3.55. The Morgan fingerprint density at radius 2 is 2.25 bits per heavy atom. The van der Waals surface area contributed by atoms with Crippen LogP contribution in [0.1, 0.15) is 6.92 Å². The van der Waals surface area contributed by atoms with E-state index in [2.05, 4.69) is 14.6 Å². The third-order valence-corrected chi connectivity index (χ3v) is 1.89. The van der Waals surface area contributed by atoms with Crippen LogP contribution in [0.25, 0.3) is 0 Å². The van der Waals surface area contributed by atoms with Gasteiger partial charge in [0.15, 0.2) is 0 Å². The molecule has 0 bridgehead atoms. The van der Waals surface area contributed by atoms with E-state index in [1.807, 2.05) is 6.07 Å². The maximum atomic E-state index is 10.7. The lowest BCUT2D eigenvalue weighted by atomic mass is 10.3. The Labute approximate surface area is 73.5 Å². The number of rotatable bonds is 1. The Hall–Kier alpha value is -1.08. The van der Waals surface area contributed by atoms with Gasteiger partial charge in [0.2, 0.25) is 5.91 Å². The summed E-state index contributed by atoms with van der Waals surface area (Å²) in [6.07, 6.45) is 0. The molecule has 3 nitrogen and oxygen atoms in total. The summed E-state index contributed by atoms with van der Waals surface area (Å²) < 4.78 is 0. The third-order valence-electron chi connectivity index (χ3n) is 1.39. The predicted molar refractivity (Wildman–Crippen MR) is 54.5 cm³/mol. The fraction of sp³-hybridized carbons (Fsp3) is 0.125. The molecule has 1 amide bonds. The quantitative estimate of drug-likeness (QED) is 0.497. The Kier molecular flexibility index (Phi) is 2.66. The molecule has 0 heterocycles. The predicted octanol–water partition coefficient (Wildman–Crippen LogP) is 0.728. The molecule has 1 aromatic rings. The van der Waals surface area contributed by atoms with Gasteiger partial charge in [-0.2, -0.15) is 0 Å². The van der Waals surface area contributed by atoms with Gasteiger partial charge in [-0.3, -0.25) is 4.79 Å². The Morgan fingerprint density at radius 1 is 1.58 bits per heavy atom. The van der Waals surface area contributed by atoms with Crippen LogP contribution in [-0.4, -0.2) is 5.91 Å². The van der Waals surface area contributed by atoms with Gasteiger partial charge in [0, 0.05) is 18.3 Å². The van der Waals surface area contributed by atoms with E-state index < -0.39 is 0 Å². The normalized spacial score (nSPS) is 9.50. The highest BCUT2D eigenvalue weighted by molar-refractivity contribution is 7.28. The number of amides is 1. The number of hydrogen-bond donors (Lipinski definition) is 2. The van der Waals surface area contributed by atoms with Crippen molar-refractivity contribution in [3.8, 4) is 0 Å². The summed E-state index contributed by atoms with van der Waals surface area (Å²) in [6.45, 7) is 1.47. The van der Waals surface area contributed by atoms with Crippen LogP contribution < -0.4 is 16.4 Å². The minimum atomic E-state index is -0.0932. The van der Waals surface area contributed by atoms with Crippen LogP contribution in [0.2, 0.25) is 0 Å². The molecule has 0 aromatic heterocycles. The minimum absolute atomic E-state index is 0.0932. The van der Waals surface area contributed by atoms with E-state index in [4.69, 9.17) is 5.73 Å². The summed E-state index contributed by atoms with van der Waals surface area (Å²) in [7, 11) is 2.53. The number of benzene rings is 1. The Bertz CT molecular complexity index is 312. The fourth-order valence-corrected chi connectivity index (χ4v) is 1.12. The van der Waals surface area contributed by atoms with Gasteiger partial charge in [0.05, 0.1) is 0 Å². The van der Waals surface area contributed by atoms with Crippen molar-refractivity contribution in [1.82, 2.24) is 0 Å². The van der Waals surface area contributed by atoms with Gasteiger partial charge in [0.1, 0.15) is 0 Å². The SMILES string of the molecule is CC(=O)Nc1cc(N)ccc1P. The maximum absolute atomic E-state index is 10.7. The topological polar surface area (TPSA) is 55.1 Å². The average molecular weight is 182 g/mol. The first-order valence-electron chi connectivity index (χ1n) is 3.52. The lowest BCUT2D eigenvalue weighted by molar-refractivity contribution is -0.114. The number of carbonyl (C=O) groups excluding carboxylic acids is 1. The van der Waals surface area contributed by atoms with Crippen LogP contribution in [0.5, 0.6) is 0 Å². The molecule has 0 saturated heterocycles. The highest BCUT2D eigenvalue weighted by Gasteiger charge is 1.99. The van der Waals surface area contributed by atoms with Gasteiger partial charge in [-0.25, -0.2) is 0 Å². The second-order valence-electron chi connectivity index (χ2n) is 2.53. The summed E-state index contributed by atoms with van der Waals surface area (Å²) in [5.41, 5.74) is 6.93. The third kappa shape index (κ3) is 2.21. The largest absolute Gasteiger partial charge is 0.399 e. The molecule has 64 valence electrons. The number of nitrogens with two attached hydrogens (primary N) is 1. The Balaban J connectivity index is 2.97. The molecule has 3 N–H and O–H groups in total. The summed E-state index contributed by atoms with van der Waals surface area (Å²) >= 11 is 0. The average Bonchev–Trinajstić information content (AvgIpc) is 1.96. The Morgan fingerprint density at radius 3 is 2.83 bits per heavy atom. The zero-order valence-corrected chi connectivity index (χ0v) is 7.95. The highest BCUT2D eigenvalue weighted by atomic mass is 31.0. The van der Waals surface area contributed by atoms with Crippen LogP contribution in [0, 0.1) is 0 Å². The first-order valence-corrected chi connectivity index (χ1v) is 4.10. The zero-order valence-electron chi connectivity index (χ0n) is 6.79. The van der Waals surface area contributed by atoms with Crippen LogP contribution >= 0.6 is 9.24 Å². The van der Waals surface area contributed by atoms with Crippen LogP contribution in [0.4, 0.5) is 11.4 Å². The van der Waals surface area contributed by atoms with E-state index >= 15 is 0 Å². The van der Waals surface area contributed by atoms with Crippen LogP contribution in [0.15, 0.2) is 18.2 Å². The van der Waals surface area contributed by atoms with E-state index in [9.17, 15) is 4.79 Å². The van der Waals surface area contributed by atoms with Crippen molar-refractivity contribution in [3.05, 3.63) is 18.2 Å². The molecule has 0 aliphatic carbocycles. The molecule has 0 fully saturated rings. The van der Waals surface area contributed by atoms with Gasteiger partial charge in [-0.1, -0.05) is 6.07 Å². The van der Waals surface area contributed by atoms with Gasteiger partial charge in [0.25, 0.3) is 0 Å². The maximum Gasteiger partial charge on any atom is 0.221 e. The van der Waals surface area contributed by atoms with Crippen LogP contribution in [-0.2, 0) is 4.79 Å². The molecule has 0 aliphatic heterocycles. The molecule has 1 rings (SSSR count). The molecule has 0 saturated carbocycles. The fourth-order valence-electron chi connectivity index (χ4n) is 0.872. The molecule has 12 heavy (non-hydrogen) atoms. The highest BCUT2D eigenvalue weighted by Crippen LogP contribution is 2.12. The molecule has 0 aliphatic rings. The molecule has 1 aromatic carbocycles. The van der Waals surface area contributed by atoms with Crippen molar-refractivity contribution in [3.63, 3.8) is 0 Å². The van der Waals surface area contributed by atoms with Crippen molar-refractivity contribution in [1.29, 1.82) is 0 Å². The van der Waals surface area contributed by atoms with E-state index in [0.717, 1.165) is 11.0 Å². The standard InChI is InChI=1S/C8H11N2OP/c1-5(11)10-7-4-6(9)2-3-8(7)12/h2-4H,9,12H2,1H3,(H,10,11). The zero-order chi connectivity index (χ0) is 9.14. The second-order valence-corrected chi connectivity index (χ2v) is 3.15. The number of nitrogen functional groups attached to an aromatic ring is 1. The van der Waals surface area contributed by atoms with Gasteiger partial charge >= 0.3 is 0 Å². The molecule has 4 heteroatoms. The molecular weight excluding hydrogens is 171 g/mol. The van der Waals surface area contributed by atoms with Crippen LogP contribution in [0.3, 0.4) is 0 Å². The number of anilines is 2. The summed E-state index contributed by atoms with van der Waals surface area (Å²) in [4.78, 5) is 10.7. The first-order chi connectivity index (χ1) is 5.59. The van der Waals surface area contributed by atoms with E-state index in [0.29, 0.717) is 5.69 Å². The monoisotopic (exact) mass is 182 g/mol. The molecule has 1 unspecified atom stereocenters. The summed E-state index contributed by atoms with van der Waals surface area (Å²) in [5.74, 6) is -0.0932. The smallest absolute Gasteiger partial charge is 0.221 e. The number of hydrogen-bond acceptors (Lipinski definition) is 2. The van der Waals surface area contributed by atoms with Crippen molar-refractivity contribution in [2.45, 2.75) is 6.92 Å². The summed E-state index contributed by atoms with van der Waals surface area (Å²) in [6, 6.07) is 5.35. The van der Waals surface area contributed by atoms with Crippen molar-refractivity contribution in [2.75, 3.05) is 11.1 Å². The summed E-state index contributed by atoms with van der Waals surface area (Å²) in [5, 5.41) is 3.60. The molecular formula is C8H11N2OP. The minimum Gasteiger partial charge on any atom is -0.399 e.